The van der Waals surface area contributed by atoms with E-state index in [4.69, 9.17) is 4.74 Å². The third kappa shape index (κ3) is 5.74. The predicted octanol–water partition coefficient (Wildman–Crippen LogP) is 3.75. The van der Waals surface area contributed by atoms with Crippen molar-refractivity contribution in [1.29, 1.82) is 0 Å². The van der Waals surface area contributed by atoms with Gasteiger partial charge in [-0.2, -0.15) is 0 Å². The lowest BCUT2D eigenvalue weighted by Gasteiger charge is -2.16. The number of carbonyl (C=O) groups is 1. The summed E-state index contributed by atoms with van der Waals surface area (Å²) in [5.74, 6) is 0.780. The second-order valence-corrected chi connectivity index (χ2v) is 7.94. The monoisotopic (exact) mass is 377 g/mol. The largest absolute Gasteiger partial charge is 0.380 e. The van der Waals surface area contributed by atoms with E-state index in [1.54, 1.807) is 6.20 Å². The Balaban J connectivity index is 2.02. The number of thiazole rings is 1. The Morgan fingerprint density at radius 1 is 1.27 bits per heavy atom. The van der Waals surface area contributed by atoms with Crippen LogP contribution in [0.3, 0.4) is 0 Å². The second-order valence-electron chi connectivity index (χ2n) is 6.94. The number of anilines is 1. The van der Waals surface area contributed by atoms with E-state index in [1.807, 2.05) is 19.9 Å². The van der Waals surface area contributed by atoms with Crippen molar-refractivity contribution >= 4 is 22.5 Å². The fourth-order valence-corrected chi connectivity index (χ4v) is 3.09. The summed E-state index contributed by atoms with van der Waals surface area (Å²) in [5, 5.41) is 6.06. The molecule has 0 fully saturated rings. The van der Waals surface area contributed by atoms with Gasteiger partial charge in [0.2, 0.25) is 0 Å². The van der Waals surface area contributed by atoms with Gasteiger partial charge in [-0.05, 0) is 19.4 Å². The smallest absolute Gasteiger partial charge is 0.321 e. The minimum absolute atomic E-state index is 0.130. The van der Waals surface area contributed by atoms with E-state index < -0.39 is 0 Å². The lowest BCUT2D eigenvalue weighted by Crippen LogP contribution is -2.31. The third-order valence-electron chi connectivity index (χ3n) is 3.46. The Morgan fingerprint density at radius 2 is 2.04 bits per heavy atom. The fourth-order valence-electron chi connectivity index (χ4n) is 2.16. The summed E-state index contributed by atoms with van der Waals surface area (Å²) < 4.78 is 5.33. The van der Waals surface area contributed by atoms with Gasteiger partial charge in [-0.1, -0.05) is 39.0 Å². The van der Waals surface area contributed by atoms with Gasteiger partial charge in [0, 0.05) is 24.8 Å². The average molecular weight is 378 g/mol. The molecule has 0 aliphatic rings. The molecule has 142 valence electrons. The van der Waals surface area contributed by atoms with Crippen LogP contribution in [0, 0.1) is 6.92 Å². The molecule has 0 spiro atoms. The molecule has 0 aromatic carbocycles. The summed E-state index contributed by atoms with van der Waals surface area (Å²) in [7, 11) is 0. The maximum absolute atomic E-state index is 12.0. The molecular formula is C18H27N5O2S. The number of hydrogen-bond acceptors (Lipinski definition) is 6. The number of hydrogen-bond donors (Lipinski definition) is 2. The number of ether oxygens (including phenoxy) is 1. The summed E-state index contributed by atoms with van der Waals surface area (Å²) >= 11 is 1.40. The van der Waals surface area contributed by atoms with Crippen LogP contribution in [-0.2, 0) is 10.2 Å². The van der Waals surface area contributed by atoms with E-state index in [0.717, 1.165) is 28.5 Å². The van der Waals surface area contributed by atoms with Gasteiger partial charge in [-0.25, -0.2) is 19.7 Å². The van der Waals surface area contributed by atoms with Gasteiger partial charge in [-0.3, -0.25) is 5.32 Å². The number of urea groups is 1. The van der Waals surface area contributed by atoms with Crippen molar-refractivity contribution in [2.45, 2.75) is 46.5 Å². The van der Waals surface area contributed by atoms with Crippen LogP contribution < -0.4 is 10.6 Å². The molecule has 0 saturated heterocycles. The summed E-state index contributed by atoms with van der Waals surface area (Å²) in [6.07, 6.45) is 2.73. The summed E-state index contributed by atoms with van der Waals surface area (Å²) in [6, 6.07) is 1.58. The zero-order valence-corrected chi connectivity index (χ0v) is 16.9. The van der Waals surface area contributed by atoms with E-state index in [9.17, 15) is 4.79 Å². The number of rotatable bonds is 7. The van der Waals surface area contributed by atoms with E-state index in [0.29, 0.717) is 24.9 Å². The number of aromatic nitrogens is 3. The van der Waals surface area contributed by atoms with Gasteiger partial charge >= 0.3 is 6.03 Å². The highest BCUT2D eigenvalue weighted by Gasteiger charge is 2.19. The molecule has 2 heterocycles. The van der Waals surface area contributed by atoms with E-state index >= 15 is 0 Å². The molecule has 0 aliphatic heterocycles. The van der Waals surface area contributed by atoms with Gasteiger partial charge in [0.1, 0.15) is 5.82 Å². The highest BCUT2D eigenvalue weighted by Crippen LogP contribution is 2.32. The van der Waals surface area contributed by atoms with Crippen LogP contribution in [0.4, 0.5) is 9.93 Å². The molecule has 2 amide bonds. The SMILES string of the molecule is CCCOCCNC(=O)Nc1nc(C)c(-c2ccnc(C(C)(C)C)n2)s1. The standard InChI is InChI=1S/C18H27N5O2S/c1-6-10-25-11-9-20-16(24)23-17-21-12(2)14(26-17)13-7-8-19-15(22-13)18(3,4)5/h7-8H,6,9-11H2,1-5H3,(H2,20,21,23,24). The molecule has 2 N–H and O–H groups in total. The first-order valence-electron chi connectivity index (χ1n) is 8.75. The van der Waals surface area contributed by atoms with Crippen molar-refractivity contribution in [3.05, 3.63) is 23.8 Å². The highest BCUT2D eigenvalue weighted by molar-refractivity contribution is 7.19. The van der Waals surface area contributed by atoms with Crippen molar-refractivity contribution in [2.75, 3.05) is 25.1 Å². The summed E-state index contributed by atoms with van der Waals surface area (Å²) in [5.41, 5.74) is 1.52. The molecule has 2 aromatic rings. The van der Waals surface area contributed by atoms with Gasteiger partial charge in [0.05, 0.1) is 22.9 Å². The molecule has 7 nitrogen and oxygen atoms in total. The van der Waals surface area contributed by atoms with Gasteiger partial charge in [-0.15, -0.1) is 0 Å². The van der Waals surface area contributed by atoms with Crippen LogP contribution in [0.2, 0.25) is 0 Å². The van der Waals surface area contributed by atoms with Crippen molar-refractivity contribution in [3.8, 4) is 10.6 Å². The summed E-state index contributed by atoms with van der Waals surface area (Å²) in [6.45, 7) is 11.8. The lowest BCUT2D eigenvalue weighted by molar-refractivity contribution is 0.137. The van der Waals surface area contributed by atoms with Crippen molar-refractivity contribution in [3.63, 3.8) is 0 Å². The highest BCUT2D eigenvalue weighted by atomic mass is 32.1. The van der Waals surface area contributed by atoms with Gasteiger partial charge < -0.3 is 10.1 Å². The molecule has 0 aliphatic carbocycles. The van der Waals surface area contributed by atoms with Gasteiger partial charge in [0.25, 0.3) is 0 Å². The molecule has 8 heteroatoms. The van der Waals surface area contributed by atoms with Crippen molar-refractivity contribution in [2.24, 2.45) is 0 Å². The molecule has 26 heavy (non-hydrogen) atoms. The first-order chi connectivity index (χ1) is 12.3. The molecule has 0 unspecified atom stereocenters. The predicted molar refractivity (Wildman–Crippen MR) is 105 cm³/mol. The Kier molecular flexibility index (Phi) is 7.05. The minimum atomic E-state index is -0.288. The van der Waals surface area contributed by atoms with Gasteiger partial charge in [0.15, 0.2) is 5.13 Å². The topological polar surface area (TPSA) is 89.0 Å². The minimum Gasteiger partial charge on any atom is -0.380 e. The lowest BCUT2D eigenvalue weighted by atomic mass is 9.95. The third-order valence-corrected chi connectivity index (χ3v) is 4.55. The van der Waals surface area contributed by atoms with Crippen LogP contribution in [0.1, 0.15) is 45.6 Å². The van der Waals surface area contributed by atoms with Crippen molar-refractivity contribution in [1.82, 2.24) is 20.3 Å². The number of amides is 2. The molecule has 0 radical (unpaired) electrons. The molecule has 2 rings (SSSR count). The Labute approximate surface area is 158 Å². The molecule has 2 aromatic heterocycles. The molecule has 0 bridgehead atoms. The first kappa shape index (κ1) is 20.3. The Hall–Kier alpha value is -2.06. The zero-order valence-electron chi connectivity index (χ0n) is 16.0. The molecular weight excluding hydrogens is 350 g/mol. The fraction of sp³-hybridized carbons (Fsp3) is 0.556. The Morgan fingerprint density at radius 3 is 2.73 bits per heavy atom. The van der Waals surface area contributed by atoms with E-state index in [2.05, 4.69) is 46.4 Å². The Bertz CT molecular complexity index is 739. The average Bonchev–Trinajstić information content (AvgIpc) is 2.94. The normalized spacial score (nSPS) is 11.4. The number of nitrogens with zero attached hydrogens (tertiary/aromatic N) is 3. The second kappa shape index (κ2) is 9.05. The van der Waals surface area contributed by atoms with E-state index in [-0.39, 0.29) is 11.4 Å². The van der Waals surface area contributed by atoms with Crippen molar-refractivity contribution < 1.29 is 9.53 Å². The number of aryl methyl sites for hydroxylation is 1. The van der Waals surface area contributed by atoms with E-state index in [1.165, 1.54) is 11.3 Å². The maximum atomic E-state index is 12.0. The van der Waals surface area contributed by atoms with Crippen LogP contribution in [-0.4, -0.2) is 40.7 Å². The zero-order chi connectivity index (χ0) is 19.2. The number of nitrogens with one attached hydrogen (secondary N) is 2. The summed E-state index contributed by atoms with van der Waals surface area (Å²) in [4.78, 5) is 26.3. The molecule has 0 atom stereocenters. The van der Waals surface area contributed by atoms with Crippen LogP contribution in [0.15, 0.2) is 12.3 Å². The number of carbonyl (C=O) groups excluding carboxylic acids is 1. The van der Waals surface area contributed by atoms with Crippen LogP contribution >= 0.6 is 11.3 Å². The quantitative estimate of drug-likeness (QED) is 0.717. The van der Waals surface area contributed by atoms with Crippen LogP contribution in [0.25, 0.3) is 10.6 Å². The maximum Gasteiger partial charge on any atom is 0.321 e. The first-order valence-corrected chi connectivity index (χ1v) is 9.57. The molecule has 0 saturated carbocycles. The van der Waals surface area contributed by atoms with Crippen LogP contribution in [0.5, 0.6) is 0 Å².